The summed E-state index contributed by atoms with van der Waals surface area (Å²) in [5, 5.41) is 6.69. The van der Waals surface area contributed by atoms with Crippen molar-refractivity contribution in [3.05, 3.63) is 35.2 Å². The van der Waals surface area contributed by atoms with Crippen molar-refractivity contribution >= 4 is 11.7 Å². The number of pyridine rings is 1. The van der Waals surface area contributed by atoms with Gasteiger partial charge in [0.2, 0.25) is 5.89 Å². The summed E-state index contributed by atoms with van der Waals surface area (Å²) in [6, 6.07) is 4.08. The number of anilines is 1. The Morgan fingerprint density at radius 3 is 2.44 bits per heavy atom. The average molecular weight is 344 g/mol. The fraction of sp³-hybridized carbons (Fsp3) is 0.529. The third kappa shape index (κ3) is 4.26. The van der Waals surface area contributed by atoms with Crippen molar-refractivity contribution in [2.24, 2.45) is 0 Å². The molecule has 1 aliphatic heterocycles. The maximum Gasteiger partial charge on any atom is 0.317 e. The van der Waals surface area contributed by atoms with Crippen molar-refractivity contribution in [3.8, 4) is 0 Å². The lowest BCUT2D eigenvalue weighted by Gasteiger charge is -2.36. The molecule has 1 aliphatic rings. The standard InChI is InChI=1S/C17H24N6O2/c1-4-16-20-15(21-25-16)11-18-17(24)23-7-5-22(6-8-23)14-9-12(2)19-13(3)10-14/h9-10H,4-8,11H2,1-3H3,(H,18,24). The molecule has 0 atom stereocenters. The Labute approximate surface area is 147 Å². The van der Waals surface area contributed by atoms with Gasteiger partial charge < -0.3 is 19.6 Å². The van der Waals surface area contributed by atoms with Crippen LogP contribution in [0.1, 0.15) is 30.0 Å². The number of carbonyl (C=O) groups is 1. The van der Waals surface area contributed by atoms with E-state index >= 15 is 0 Å². The highest BCUT2D eigenvalue weighted by molar-refractivity contribution is 5.74. The first-order valence-electron chi connectivity index (χ1n) is 8.59. The Bertz CT molecular complexity index is 716. The lowest BCUT2D eigenvalue weighted by Crippen LogP contribution is -2.51. The van der Waals surface area contributed by atoms with Gasteiger partial charge in [0, 0.05) is 49.7 Å². The lowest BCUT2D eigenvalue weighted by molar-refractivity contribution is 0.193. The molecule has 0 unspecified atom stereocenters. The number of nitrogens with one attached hydrogen (secondary N) is 1. The largest absolute Gasteiger partial charge is 0.368 e. The zero-order valence-electron chi connectivity index (χ0n) is 14.9. The van der Waals surface area contributed by atoms with Crippen LogP contribution in [0.3, 0.4) is 0 Å². The number of hydrogen-bond donors (Lipinski definition) is 1. The van der Waals surface area contributed by atoms with Crippen LogP contribution < -0.4 is 10.2 Å². The number of aryl methyl sites for hydroxylation is 3. The zero-order valence-corrected chi connectivity index (χ0v) is 14.9. The van der Waals surface area contributed by atoms with Crippen molar-refractivity contribution in [2.45, 2.75) is 33.7 Å². The van der Waals surface area contributed by atoms with Gasteiger partial charge in [0.05, 0.1) is 6.54 Å². The maximum atomic E-state index is 12.3. The number of carbonyl (C=O) groups excluding carboxylic acids is 1. The van der Waals surface area contributed by atoms with E-state index in [4.69, 9.17) is 4.52 Å². The monoisotopic (exact) mass is 344 g/mol. The molecular formula is C17H24N6O2. The van der Waals surface area contributed by atoms with E-state index < -0.39 is 0 Å². The van der Waals surface area contributed by atoms with Crippen LogP contribution in [0.4, 0.5) is 10.5 Å². The number of rotatable bonds is 4. The predicted molar refractivity (Wildman–Crippen MR) is 93.4 cm³/mol. The predicted octanol–water partition coefficient (Wildman–Crippen LogP) is 1.68. The highest BCUT2D eigenvalue weighted by Gasteiger charge is 2.21. The second-order valence-corrected chi connectivity index (χ2v) is 6.20. The first kappa shape index (κ1) is 17.2. The van der Waals surface area contributed by atoms with Gasteiger partial charge in [0.15, 0.2) is 5.82 Å². The quantitative estimate of drug-likeness (QED) is 0.908. The number of urea groups is 1. The van der Waals surface area contributed by atoms with Crippen molar-refractivity contribution in [1.29, 1.82) is 0 Å². The molecule has 0 saturated carbocycles. The molecule has 134 valence electrons. The summed E-state index contributed by atoms with van der Waals surface area (Å²) in [6.45, 7) is 9.20. The molecule has 2 aromatic heterocycles. The second kappa shape index (κ2) is 7.50. The van der Waals surface area contributed by atoms with Gasteiger partial charge in [0.25, 0.3) is 0 Å². The summed E-state index contributed by atoms with van der Waals surface area (Å²) in [4.78, 5) is 25.0. The Kier molecular flexibility index (Phi) is 5.16. The molecule has 0 spiro atoms. The topological polar surface area (TPSA) is 87.4 Å². The molecule has 8 nitrogen and oxygen atoms in total. The third-order valence-corrected chi connectivity index (χ3v) is 4.21. The van der Waals surface area contributed by atoms with Gasteiger partial charge in [-0.05, 0) is 26.0 Å². The van der Waals surface area contributed by atoms with E-state index in [-0.39, 0.29) is 12.6 Å². The number of piperazine rings is 1. The van der Waals surface area contributed by atoms with Gasteiger partial charge >= 0.3 is 6.03 Å². The Morgan fingerprint density at radius 1 is 1.16 bits per heavy atom. The molecule has 0 aliphatic carbocycles. The minimum Gasteiger partial charge on any atom is -0.368 e. The summed E-state index contributed by atoms with van der Waals surface area (Å²) in [5.41, 5.74) is 3.20. The van der Waals surface area contributed by atoms with Crippen LogP contribution in [0.5, 0.6) is 0 Å². The van der Waals surface area contributed by atoms with E-state index in [1.54, 1.807) is 0 Å². The maximum absolute atomic E-state index is 12.3. The van der Waals surface area contributed by atoms with Gasteiger partial charge in [-0.3, -0.25) is 4.98 Å². The van der Waals surface area contributed by atoms with Gasteiger partial charge in [-0.2, -0.15) is 4.98 Å². The summed E-state index contributed by atoms with van der Waals surface area (Å²) in [6.07, 6.45) is 0.691. The molecule has 0 radical (unpaired) electrons. The zero-order chi connectivity index (χ0) is 17.8. The molecule has 2 aromatic rings. The Morgan fingerprint density at radius 2 is 1.84 bits per heavy atom. The number of hydrogen-bond acceptors (Lipinski definition) is 6. The molecule has 0 aromatic carbocycles. The molecule has 1 fully saturated rings. The molecule has 3 heterocycles. The van der Waals surface area contributed by atoms with Crippen LogP contribution in [-0.4, -0.2) is 52.2 Å². The van der Waals surface area contributed by atoms with E-state index in [2.05, 4.69) is 37.5 Å². The van der Waals surface area contributed by atoms with Crippen molar-refractivity contribution in [3.63, 3.8) is 0 Å². The first-order chi connectivity index (χ1) is 12.0. The second-order valence-electron chi connectivity index (χ2n) is 6.20. The van der Waals surface area contributed by atoms with Gasteiger partial charge in [-0.15, -0.1) is 0 Å². The summed E-state index contributed by atoms with van der Waals surface area (Å²) >= 11 is 0. The minimum atomic E-state index is -0.0930. The fourth-order valence-electron chi connectivity index (χ4n) is 2.93. The molecule has 8 heteroatoms. The lowest BCUT2D eigenvalue weighted by atomic mass is 10.2. The minimum absolute atomic E-state index is 0.0930. The summed E-state index contributed by atoms with van der Waals surface area (Å²) in [5.74, 6) is 1.09. The van der Waals surface area contributed by atoms with Crippen LogP contribution in [0.2, 0.25) is 0 Å². The van der Waals surface area contributed by atoms with E-state index in [9.17, 15) is 4.79 Å². The van der Waals surface area contributed by atoms with Crippen molar-refractivity contribution in [1.82, 2.24) is 25.3 Å². The summed E-state index contributed by atoms with van der Waals surface area (Å²) < 4.78 is 5.04. The van der Waals surface area contributed by atoms with Crippen LogP contribution >= 0.6 is 0 Å². The summed E-state index contributed by atoms with van der Waals surface area (Å²) in [7, 11) is 0. The van der Waals surface area contributed by atoms with Crippen LogP contribution in [-0.2, 0) is 13.0 Å². The molecule has 0 bridgehead atoms. The van der Waals surface area contributed by atoms with E-state index in [1.807, 2.05) is 25.7 Å². The van der Waals surface area contributed by atoms with Crippen molar-refractivity contribution in [2.75, 3.05) is 31.1 Å². The van der Waals surface area contributed by atoms with Gasteiger partial charge in [0.1, 0.15) is 0 Å². The molecule has 2 amide bonds. The average Bonchev–Trinajstić information content (AvgIpc) is 3.07. The van der Waals surface area contributed by atoms with Crippen LogP contribution in [0, 0.1) is 13.8 Å². The van der Waals surface area contributed by atoms with Gasteiger partial charge in [-0.1, -0.05) is 12.1 Å². The number of amides is 2. The van der Waals surface area contributed by atoms with E-state index in [0.717, 1.165) is 24.5 Å². The van der Waals surface area contributed by atoms with Gasteiger partial charge in [-0.25, -0.2) is 4.79 Å². The highest BCUT2D eigenvalue weighted by atomic mass is 16.5. The van der Waals surface area contributed by atoms with Crippen LogP contribution in [0.25, 0.3) is 0 Å². The molecule has 1 N–H and O–H groups in total. The Balaban J connectivity index is 1.50. The first-order valence-corrected chi connectivity index (χ1v) is 8.59. The van der Waals surface area contributed by atoms with E-state index in [1.165, 1.54) is 5.69 Å². The normalized spacial score (nSPS) is 14.7. The number of nitrogens with zero attached hydrogens (tertiary/aromatic N) is 5. The SMILES string of the molecule is CCc1nc(CNC(=O)N2CCN(c3cc(C)nc(C)c3)CC2)no1. The molecular weight excluding hydrogens is 320 g/mol. The Hall–Kier alpha value is -2.64. The molecule has 1 saturated heterocycles. The van der Waals surface area contributed by atoms with E-state index in [0.29, 0.717) is 31.2 Å². The molecule has 3 rings (SSSR count). The molecule has 25 heavy (non-hydrogen) atoms. The number of aromatic nitrogens is 3. The third-order valence-electron chi connectivity index (χ3n) is 4.21. The smallest absolute Gasteiger partial charge is 0.317 e. The fourth-order valence-corrected chi connectivity index (χ4v) is 2.93. The highest BCUT2D eigenvalue weighted by Crippen LogP contribution is 2.18. The van der Waals surface area contributed by atoms with Crippen molar-refractivity contribution < 1.29 is 9.32 Å². The van der Waals surface area contributed by atoms with Crippen LogP contribution in [0.15, 0.2) is 16.7 Å².